The lowest BCUT2D eigenvalue weighted by Crippen LogP contribution is -2.26. The number of aromatic nitrogens is 1. The number of amides is 1. The van der Waals surface area contributed by atoms with Gasteiger partial charge in [-0.3, -0.25) is 10.2 Å². The molecule has 0 saturated heterocycles. The number of carbonyl (C=O) groups is 1. The van der Waals surface area contributed by atoms with Gasteiger partial charge in [-0.1, -0.05) is 12.1 Å². The SMILES string of the molecule is C/C(=N\NC(=N)N)c1ccc2[nH]c(C(=O)Nc3ccc4c(c3)NCC4)cc2c1. The van der Waals surface area contributed by atoms with Crippen molar-refractivity contribution in [2.24, 2.45) is 10.8 Å². The zero-order valence-electron chi connectivity index (χ0n) is 15.4. The Morgan fingerprint density at radius 2 is 2.07 bits per heavy atom. The molecule has 0 bridgehead atoms. The number of anilines is 2. The highest BCUT2D eigenvalue weighted by Gasteiger charge is 2.14. The summed E-state index contributed by atoms with van der Waals surface area (Å²) in [5.41, 5.74) is 13.7. The first kappa shape index (κ1) is 17.6. The number of benzene rings is 2. The molecule has 1 aliphatic rings. The molecule has 0 atom stereocenters. The van der Waals surface area contributed by atoms with Crippen LogP contribution in [0.2, 0.25) is 0 Å². The third-order valence-electron chi connectivity index (χ3n) is 4.70. The summed E-state index contributed by atoms with van der Waals surface area (Å²) in [6, 6.07) is 13.5. The maximum Gasteiger partial charge on any atom is 0.272 e. The van der Waals surface area contributed by atoms with Gasteiger partial charge in [0.15, 0.2) is 0 Å². The number of aromatic amines is 1. The van der Waals surface area contributed by atoms with Crippen LogP contribution in [0.3, 0.4) is 0 Å². The van der Waals surface area contributed by atoms with Crippen molar-refractivity contribution in [1.82, 2.24) is 10.4 Å². The number of carbonyl (C=O) groups excluding carboxylic acids is 1. The van der Waals surface area contributed by atoms with Gasteiger partial charge in [0.05, 0.1) is 5.71 Å². The Hall–Kier alpha value is -3.81. The van der Waals surface area contributed by atoms with Gasteiger partial charge < -0.3 is 21.4 Å². The van der Waals surface area contributed by atoms with Gasteiger partial charge in [-0.15, -0.1) is 0 Å². The molecular weight excluding hydrogens is 354 g/mol. The van der Waals surface area contributed by atoms with Gasteiger partial charge >= 0.3 is 0 Å². The molecule has 7 N–H and O–H groups in total. The first-order valence-corrected chi connectivity index (χ1v) is 8.95. The molecule has 0 saturated carbocycles. The number of nitrogens with zero attached hydrogens (tertiary/aromatic N) is 1. The quantitative estimate of drug-likeness (QED) is 0.238. The molecule has 0 unspecified atom stereocenters. The van der Waals surface area contributed by atoms with Crippen LogP contribution >= 0.6 is 0 Å². The van der Waals surface area contributed by atoms with Gasteiger partial charge in [-0.2, -0.15) is 5.10 Å². The topological polar surface area (TPSA) is 131 Å². The lowest BCUT2D eigenvalue weighted by molar-refractivity contribution is 0.102. The first-order chi connectivity index (χ1) is 13.5. The van der Waals surface area contributed by atoms with Crippen molar-refractivity contribution in [3.63, 3.8) is 0 Å². The van der Waals surface area contributed by atoms with Crippen molar-refractivity contribution in [3.05, 3.63) is 59.3 Å². The lowest BCUT2D eigenvalue weighted by atomic mass is 10.1. The Morgan fingerprint density at radius 3 is 2.89 bits per heavy atom. The van der Waals surface area contributed by atoms with Crippen LogP contribution in [0.25, 0.3) is 10.9 Å². The number of nitrogens with one attached hydrogen (secondary N) is 5. The second-order valence-electron chi connectivity index (χ2n) is 6.71. The Kier molecular flexibility index (Phi) is 4.44. The van der Waals surface area contributed by atoms with Crippen LogP contribution in [0.1, 0.15) is 28.5 Å². The van der Waals surface area contributed by atoms with Gasteiger partial charge in [-0.05, 0) is 54.8 Å². The van der Waals surface area contributed by atoms with Crippen molar-refractivity contribution >= 4 is 39.9 Å². The van der Waals surface area contributed by atoms with Crippen LogP contribution in [-0.4, -0.2) is 29.1 Å². The van der Waals surface area contributed by atoms with Crippen LogP contribution in [0, 0.1) is 5.41 Å². The van der Waals surface area contributed by atoms with Crippen molar-refractivity contribution in [2.45, 2.75) is 13.3 Å². The molecule has 1 amide bonds. The van der Waals surface area contributed by atoms with Crippen molar-refractivity contribution < 1.29 is 4.79 Å². The van der Waals surface area contributed by atoms with E-state index in [1.807, 2.05) is 49.4 Å². The number of hydrogen-bond donors (Lipinski definition) is 6. The second-order valence-corrected chi connectivity index (χ2v) is 6.71. The summed E-state index contributed by atoms with van der Waals surface area (Å²) >= 11 is 0. The maximum absolute atomic E-state index is 12.6. The monoisotopic (exact) mass is 375 g/mol. The van der Waals surface area contributed by atoms with Crippen LogP contribution in [-0.2, 0) is 6.42 Å². The van der Waals surface area contributed by atoms with E-state index in [2.05, 4.69) is 26.1 Å². The predicted octanol–water partition coefficient (Wildman–Crippen LogP) is 2.60. The van der Waals surface area contributed by atoms with Gasteiger partial charge in [0, 0.05) is 28.8 Å². The van der Waals surface area contributed by atoms with Crippen molar-refractivity contribution in [3.8, 4) is 0 Å². The molecule has 8 heteroatoms. The summed E-state index contributed by atoms with van der Waals surface area (Å²) in [5.74, 6) is -0.415. The Balaban J connectivity index is 1.54. The zero-order chi connectivity index (χ0) is 19.7. The van der Waals surface area contributed by atoms with Gasteiger partial charge in [0.25, 0.3) is 5.91 Å². The summed E-state index contributed by atoms with van der Waals surface area (Å²) in [4.78, 5) is 15.8. The Bertz CT molecular complexity index is 1110. The van der Waals surface area contributed by atoms with Gasteiger partial charge in [0.1, 0.15) is 5.69 Å². The van der Waals surface area contributed by atoms with E-state index in [4.69, 9.17) is 11.1 Å². The van der Waals surface area contributed by atoms with E-state index in [1.165, 1.54) is 5.56 Å². The number of guanidine groups is 1. The van der Waals surface area contributed by atoms with Gasteiger partial charge in [-0.25, -0.2) is 5.43 Å². The van der Waals surface area contributed by atoms with Crippen LogP contribution in [0.15, 0.2) is 47.6 Å². The molecule has 0 radical (unpaired) electrons. The van der Waals surface area contributed by atoms with E-state index < -0.39 is 0 Å². The van der Waals surface area contributed by atoms with Gasteiger partial charge in [0.2, 0.25) is 5.96 Å². The summed E-state index contributed by atoms with van der Waals surface area (Å²) < 4.78 is 0. The largest absolute Gasteiger partial charge is 0.384 e. The molecule has 2 heterocycles. The summed E-state index contributed by atoms with van der Waals surface area (Å²) in [7, 11) is 0. The number of hydrazone groups is 1. The van der Waals surface area contributed by atoms with E-state index in [-0.39, 0.29) is 11.9 Å². The van der Waals surface area contributed by atoms with Crippen LogP contribution in [0.4, 0.5) is 11.4 Å². The van der Waals surface area contributed by atoms with Crippen LogP contribution in [0.5, 0.6) is 0 Å². The highest BCUT2D eigenvalue weighted by molar-refractivity contribution is 6.07. The minimum absolute atomic E-state index is 0.195. The highest BCUT2D eigenvalue weighted by atomic mass is 16.1. The Labute approximate surface area is 161 Å². The van der Waals surface area contributed by atoms with Crippen LogP contribution < -0.4 is 21.8 Å². The third-order valence-corrected chi connectivity index (χ3v) is 4.70. The summed E-state index contributed by atoms with van der Waals surface area (Å²) in [6.45, 7) is 2.75. The average Bonchev–Trinajstić information content (AvgIpc) is 3.31. The fourth-order valence-electron chi connectivity index (χ4n) is 3.26. The van der Waals surface area contributed by atoms with E-state index in [0.717, 1.165) is 40.8 Å². The average molecular weight is 375 g/mol. The standard InChI is InChI=1S/C20H21N7O/c1-11(26-27-20(21)22)13-3-5-16-14(8-13)9-18(25-16)19(28)24-15-4-2-12-6-7-23-17(12)10-15/h2-5,8-10,23,25H,6-7H2,1H3,(H,24,28)(H4,21,22,27)/b26-11+. The number of H-pyrrole nitrogens is 1. The molecule has 1 aliphatic heterocycles. The molecule has 0 spiro atoms. The highest BCUT2D eigenvalue weighted by Crippen LogP contribution is 2.26. The second kappa shape index (κ2) is 7.07. The normalized spacial score (nSPS) is 13.1. The molecule has 28 heavy (non-hydrogen) atoms. The first-order valence-electron chi connectivity index (χ1n) is 8.95. The minimum Gasteiger partial charge on any atom is -0.384 e. The summed E-state index contributed by atoms with van der Waals surface area (Å²) in [5, 5.41) is 18.4. The molecule has 142 valence electrons. The predicted molar refractivity (Wildman–Crippen MR) is 112 cm³/mol. The maximum atomic E-state index is 12.6. The molecule has 4 rings (SSSR count). The number of fused-ring (bicyclic) bond motifs is 2. The van der Waals surface area contributed by atoms with Crippen molar-refractivity contribution in [1.29, 1.82) is 5.41 Å². The zero-order valence-corrected chi connectivity index (χ0v) is 15.4. The van der Waals surface area contributed by atoms with E-state index in [0.29, 0.717) is 11.4 Å². The molecule has 8 nitrogen and oxygen atoms in total. The van der Waals surface area contributed by atoms with Crippen molar-refractivity contribution in [2.75, 3.05) is 17.2 Å². The molecule has 1 aromatic heterocycles. The molecular formula is C20H21N7O. The fraction of sp³-hybridized carbons (Fsp3) is 0.150. The lowest BCUT2D eigenvalue weighted by Gasteiger charge is -2.06. The van der Waals surface area contributed by atoms with E-state index >= 15 is 0 Å². The van der Waals surface area contributed by atoms with E-state index in [9.17, 15) is 4.79 Å². The third kappa shape index (κ3) is 3.52. The number of nitrogens with two attached hydrogens (primary N) is 1. The molecule has 2 aromatic carbocycles. The number of rotatable bonds is 4. The fourth-order valence-corrected chi connectivity index (χ4v) is 3.26. The number of hydrogen-bond acceptors (Lipinski definition) is 4. The molecule has 0 aliphatic carbocycles. The minimum atomic E-state index is -0.220. The summed E-state index contributed by atoms with van der Waals surface area (Å²) in [6.07, 6.45) is 1.01. The molecule has 0 fully saturated rings. The van der Waals surface area contributed by atoms with E-state index in [1.54, 1.807) is 0 Å². The Morgan fingerprint density at radius 1 is 1.21 bits per heavy atom. The smallest absolute Gasteiger partial charge is 0.272 e. The molecule has 3 aromatic rings.